The van der Waals surface area contributed by atoms with Crippen LogP contribution in [-0.2, 0) is 4.79 Å². The van der Waals surface area contributed by atoms with Crippen LogP contribution < -0.4 is 0 Å². The average Bonchev–Trinajstić information content (AvgIpc) is 2.37. The fourth-order valence-corrected chi connectivity index (χ4v) is 2.60. The summed E-state index contributed by atoms with van der Waals surface area (Å²) in [6.07, 6.45) is 1.67. The largest absolute Gasteiger partial charge is 0.293 e. The molecule has 2 atom stereocenters. The Labute approximate surface area is 106 Å². The quantitative estimate of drug-likeness (QED) is 0.606. The van der Waals surface area contributed by atoms with Gasteiger partial charge in [-0.2, -0.15) is 0 Å². The van der Waals surface area contributed by atoms with Crippen molar-refractivity contribution in [1.29, 1.82) is 0 Å². The number of fused-ring (bicyclic) bond motifs is 1. The smallest absolute Gasteiger partial charge is 0.230 e. The molecule has 0 fully saturated rings. The lowest BCUT2D eigenvalue weighted by molar-refractivity contribution is -0.118. The van der Waals surface area contributed by atoms with Gasteiger partial charge in [0.05, 0.1) is 5.92 Å². The molecular weight excluding hydrogens is 228 g/mol. The van der Waals surface area contributed by atoms with Crippen molar-refractivity contribution in [3.8, 4) is 0 Å². The van der Waals surface area contributed by atoms with Crippen LogP contribution in [0.2, 0.25) is 0 Å². The number of carbonyl (C=O) groups is 3. The standard InChI is InChI=1S/C15H16O3/c1-3-6-9(2)12-13(16)10-7-4-5-8-11(10)14(17)15(12)18/h4-5,7-9,12H,3,6H2,1-2H3. The van der Waals surface area contributed by atoms with E-state index in [1.54, 1.807) is 24.3 Å². The van der Waals surface area contributed by atoms with Gasteiger partial charge in [-0.05, 0) is 12.3 Å². The summed E-state index contributed by atoms with van der Waals surface area (Å²) in [4.78, 5) is 36.3. The van der Waals surface area contributed by atoms with Gasteiger partial charge >= 0.3 is 0 Å². The zero-order valence-corrected chi connectivity index (χ0v) is 10.6. The molecule has 1 aliphatic carbocycles. The first-order valence-electron chi connectivity index (χ1n) is 6.29. The van der Waals surface area contributed by atoms with Gasteiger partial charge in [-0.1, -0.05) is 44.5 Å². The maximum absolute atomic E-state index is 12.3. The van der Waals surface area contributed by atoms with Gasteiger partial charge in [-0.15, -0.1) is 0 Å². The van der Waals surface area contributed by atoms with Gasteiger partial charge in [-0.25, -0.2) is 0 Å². The molecule has 0 N–H and O–H groups in total. The zero-order valence-electron chi connectivity index (χ0n) is 10.6. The molecule has 18 heavy (non-hydrogen) atoms. The number of Topliss-reactive ketones (excluding diaryl/α,β-unsaturated/α-hetero) is 3. The summed E-state index contributed by atoms with van der Waals surface area (Å²) in [7, 11) is 0. The Hall–Kier alpha value is -1.77. The van der Waals surface area contributed by atoms with Crippen molar-refractivity contribution >= 4 is 17.3 Å². The van der Waals surface area contributed by atoms with E-state index in [1.165, 1.54) is 0 Å². The molecule has 2 unspecified atom stereocenters. The molecule has 0 bridgehead atoms. The minimum Gasteiger partial charge on any atom is -0.293 e. The normalized spacial score (nSPS) is 20.8. The minimum atomic E-state index is -0.785. The molecule has 3 nitrogen and oxygen atoms in total. The zero-order chi connectivity index (χ0) is 13.3. The van der Waals surface area contributed by atoms with Crippen molar-refractivity contribution in [2.24, 2.45) is 11.8 Å². The van der Waals surface area contributed by atoms with Crippen LogP contribution in [-0.4, -0.2) is 17.3 Å². The summed E-state index contributed by atoms with van der Waals surface area (Å²) in [5.74, 6) is -2.12. The van der Waals surface area contributed by atoms with E-state index < -0.39 is 17.5 Å². The van der Waals surface area contributed by atoms with Gasteiger partial charge in [0.2, 0.25) is 11.6 Å². The van der Waals surface area contributed by atoms with E-state index in [4.69, 9.17) is 0 Å². The van der Waals surface area contributed by atoms with Crippen molar-refractivity contribution in [3.63, 3.8) is 0 Å². The Balaban J connectivity index is 2.46. The van der Waals surface area contributed by atoms with Crippen molar-refractivity contribution in [1.82, 2.24) is 0 Å². The van der Waals surface area contributed by atoms with Crippen LogP contribution in [0.25, 0.3) is 0 Å². The molecule has 1 aromatic rings. The summed E-state index contributed by atoms with van der Waals surface area (Å²) in [6, 6.07) is 6.58. The first-order chi connectivity index (χ1) is 8.57. The van der Waals surface area contributed by atoms with Gasteiger partial charge in [0.15, 0.2) is 5.78 Å². The van der Waals surface area contributed by atoms with E-state index in [2.05, 4.69) is 0 Å². The fraction of sp³-hybridized carbons (Fsp3) is 0.400. The Bertz CT molecular complexity index is 516. The van der Waals surface area contributed by atoms with Crippen molar-refractivity contribution in [2.75, 3.05) is 0 Å². The average molecular weight is 244 g/mol. The first kappa shape index (κ1) is 12.7. The number of benzene rings is 1. The monoisotopic (exact) mass is 244 g/mol. The molecule has 94 valence electrons. The molecule has 3 heteroatoms. The third kappa shape index (κ3) is 1.90. The van der Waals surface area contributed by atoms with E-state index >= 15 is 0 Å². The molecule has 0 saturated heterocycles. The third-order valence-corrected chi connectivity index (χ3v) is 3.54. The lowest BCUT2D eigenvalue weighted by atomic mass is 9.74. The van der Waals surface area contributed by atoms with E-state index in [0.29, 0.717) is 5.56 Å². The van der Waals surface area contributed by atoms with Crippen LogP contribution in [0.5, 0.6) is 0 Å². The van der Waals surface area contributed by atoms with E-state index in [1.807, 2.05) is 13.8 Å². The predicted molar refractivity (Wildman–Crippen MR) is 67.7 cm³/mol. The Morgan fingerprint density at radius 2 is 1.67 bits per heavy atom. The summed E-state index contributed by atoms with van der Waals surface area (Å²) in [5.41, 5.74) is 0.655. The Morgan fingerprint density at radius 3 is 2.28 bits per heavy atom. The van der Waals surface area contributed by atoms with Gasteiger partial charge in [0, 0.05) is 11.1 Å². The molecule has 0 radical (unpaired) electrons. The number of carbonyl (C=O) groups excluding carboxylic acids is 3. The van der Waals surface area contributed by atoms with Crippen LogP contribution >= 0.6 is 0 Å². The first-order valence-corrected chi connectivity index (χ1v) is 6.29. The van der Waals surface area contributed by atoms with Crippen molar-refractivity contribution < 1.29 is 14.4 Å². The van der Waals surface area contributed by atoms with Crippen molar-refractivity contribution in [3.05, 3.63) is 35.4 Å². The molecule has 0 aromatic heterocycles. The summed E-state index contributed by atoms with van der Waals surface area (Å²) in [5, 5.41) is 0. The third-order valence-electron chi connectivity index (χ3n) is 3.54. The van der Waals surface area contributed by atoms with E-state index in [0.717, 1.165) is 12.8 Å². The molecule has 0 aliphatic heterocycles. The lowest BCUT2D eigenvalue weighted by Gasteiger charge is -2.25. The molecule has 2 rings (SSSR count). The molecular formula is C15H16O3. The van der Waals surface area contributed by atoms with E-state index in [-0.39, 0.29) is 17.3 Å². The van der Waals surface area contributed by atoms with Crippen LogP contribution in [0.3, 0.4) is 0 Å². The minimum absolute atomic E-state index is 0.0766. The SMILES string of the molecule is CCCC(C)C1C(=O)C(=O)c2ccccc2C1=O. The van der Waals surface area contributed by atoms with E-state index in [9.17, 15) is 14.4 Å². The van der Waals surface area contributed by atoms with Crippen LogP contribution in [0, 0.1) is 11.8 Å². The molecule has 1 aliphatic rings. The van der Waals surface area contributed by atoms with Crippen LogP contribution in [0.1, 0.15) is 47.4 Å². The molecule has 0 heterocycles. The summed E-state index contributed by atoms with van der Waals surface area (Å²) < 4.78 is 0. The number of ketones is 3. The molecule has 0 spiro atoms. The second kappa shape index (κ2) is 4.84. The Kier molecular flexibility index (Phi) is 3.41. The molecule has 0 saturated carbocycles. The van der Waals surface area contributed by atoms with Crippen LogP contribution in [0.15, 0.2) is 24.3 Å². The summed E-state index contributed by atoms with van der Waals surface area (Å²) >= 11 is 0. The lowest BCUT2D eigenvalue weighted by Crippen LogP contribution is -2.40. The number of hydrogen-bond donors (Lipinski definition) is 0. The van der Waals surface area contributed by atoms with Gasteiger partial charge in [0.25, 0.3) is 0 Å². The topological polar surface area (TPSA) is 51.2 Å². The Morgan fingerprint density at radius 1 is 1.06 bits per heavy atom. The second-order valence-electron chi connectivity index (χ2n) is 4.85. The highest BCUT2D eigenvalue weighted by Gasteiger charge is 2.42. The highest BCUT2D eigenvalue weighted by Crippen LogP contribution is 2.30. The van der Waals surface area contributed by atoms with Crippen LogP contribution in [0.4, 0.5) is 0 Å². The maximum atomic E-state index is 12.3. The van der Waals surface area contributed by atoms with Gasteiger partial charge in [0.1, 0.15) is 0 Å². The molecule has 1 aromatic carbocycles. The highest BCUT2D eigenvalue weighted by molar-refractivity contribution is 6.51. The van der Waals surface area contributed by atoms with Crippen molar-refractivity contribution in [2.45, 2.75) is 26.7 Å². The maximum Gasteiger partial charge on any atom is 0.230 e. The van der Waals surface area contributed by atoms with Gasteiger partial charge < -0.3 is 0 Å². The number of rotatable bonds is 3. The fourth-order valence-electron chi connectivity index (χ4n) is 2.60. The number of hydrogen-bond acceptors (Lipinski definition) is 3. The van der Waals surface area contributed by atoms with Gasteiger partial charge in [-0.3, -0.25) is 14.4 Å². The highest BCUT2D eigenvalue weighted by atomic mass is 16.2. The molecule has 0 amide bonds. The summed E-state index contributed by atoms with van der Waals surface area (Å²) in [6.45, 7) is 3.87. The second-order valence-corrected chi connectivity index (χ2v) is 4.85. The predicted octanol–water partition coefficient (Wildman–Crippen LogP) is 2.69.